The van der Waals surface area contributed by atoms with Crippen LogP contribution in [0, 0.1) is 6.92 Å². The summed E-state index contributed by atoms with van der Waals surface area (Å²) in [5.74, 6) is -0.811. The number of nitrogens with two attached hydrogens (primary N) is 1. The van der Waals surface area contributed by atoms with Crippen LogP contribution in [0.4, 0.5) is 5.69 Å². The highest BCUT2D eigenvalue weighted by Gasteiger charge is 2.23. The maximum absolute atomic E-state index is 12.8. The van der Waals surface area contributed by atoms with Crippen molar-refractivity contribution in [1.29, 1.82) is 0 Å². The first-order chi connectivity index (χ1) is 18.1. The summed E-state index contributed by atoms with van der Waals surface area (Å²) >= 11 is 0. The molecule has 0 unspecified atom stereocenters. The van der Waals surface area contributed by atoms with Crippen LogP contribution in [0.5, 0.6) is 0 Å². The predicted octanol–water partition coefficient (Wildman–Crippen LogP) is 3.94. The second-order valence-corrected chi connectivity index (χ2v) is 11.3. The zero-order chi connectivity index (χ0) is 27.0. The Kier molecular flexibility index (Phi) is 6.60. The monoisotopic (exact) mass is 529 g/mol. The summed E-state index contributed by atoms with van der Waals surface area (Å²) in [5.41, 5.74) is 12.2. The van der Waals surface area contributed by atoms with Gasteiger partial charge in [0.25, 0.3) is 11.8 Å². The standard InChI is InChI=1S/C28H27N5O4S/c1-17-20(6-3-7-24(17)32-28(35)19-5-4-12-30-16-19)21-8-9-22(27(29)34)26-23(21)15-25(31-26)18-10-13-33(14-11-18)38(2,36)37/h3-10,12,15-16,31H,11,13-14H2,1-2H3,(H2,29,34)(H,32,35). The third kappa shape index (κ3) is 4.83. The molecule has 2 amide bonds. The molecule has 0 spiro atoms. The number of carbonyl (C=O) groups is 2. The minimum atomic E-state index is -3.27. The van der Waals surface area contributed by atoms with Crippen LogP contribution in [-0.4, -0.2) is 53.9 Å². The van der Waals surface area contributed by atoms with Gasteiger partial charge in [-0.2, -0.15) is 4.31 Å². The van der Waals surface area contributed by atoms with Crippen molar-refractivity contribution in [2.45, 2.75) is 13.3 Å². The van der Waals surface area contributed by atoms with Gasteiger partial charge >= 0.3 is 0 Å². The Balaban J connectivity index is 1.57. The summed E-state index contributed by atoms with van der Waals surface area (Å²) in [4.78, 5) is 32.4. The quantitative estimate of drug-likeness (QED) is 0.347. The van der Waals surface area contributed by atoms with E-state index < -0.39 is 15.9 Å². The van der Waals surface area contributed by atoms with Crippen LogP contribution in [0.15, 0.2) is 67.0 Å². The highest BCUT2D eigenvalue weighted by molar-refractivity contribution is 7.88. The van der Waals surface area contributed by atoms with E-state index in [0.717, 1.165) is 33.3 Å². The topological polar surface area (TPSA) is 138 Å². The zero-order valence-electron chi connectivity index (χ0n) is 21.0. The fourth-order valence-corrected chi connectivity index (χ4v) is 5.55. The molecular weight excluding hydrogens is 502 g/mol. The first-order valence-corrected chi connectivity index (χ1v) is 13.9. The number of primary amides is 1. The van der Waals surface area contributed by atoms with Gasteiger partial charge in [-0.1, -0.05) is 24.3 Å². The van der Waals surface area contributed by atoms with Crippen molar-refractivity contribution in [2.75, 3.05) is 24.7 Å². The molecule has 38 heavy (non-hydrogen) atoms. The molecule has 9 nitrogen and oxygen atoms in total. The summed E-state index contributed by atoms with van der Waals surface area (Å²) in [6.45, 7) is 2.60. The third-order valence-electron chi connectivity index (χ3n) is 6.84. The van der Waals surface area contributed by atoms with Gasteiger partial charge < -0.3 is 16.0 Å². The van der Waals surface area contributed by atoms with Crippen molar-refractivity contribution in [3.63, 3.8) is 0 Å². The minimum Gasteiger partial charge on any atom is -0.366 e. The van der Waals surface area contributed by atoms with E-state index in [4.69, 9.17) is 5.73 Å². The van der Waals surface area contributed by atoms with Crippen LogP contribution in [0.1, 0.15) is 38.4 Å². The number of benzene rings is 2. The molecule has 194 valence electrons. The number of rotatable bonds is 6. The molecule has 2 aromatic carbocycles. The van der Waals surface area contributed by atoms with Gasteiger partial charge in [0.2, 0.25) is 10.0 Å². The second kappa shape index (κ2) is 9.88. The maximum Gasteiger partial charge on any atom is 0.257 e. The molecule has 1 aliphatic heterocycles. The number of aromatic nitrogens is 2. The van der Waals surface area contributed by atoms with Crippen LogP contribution in [0.25, 0.3) is 27.6 Å². The summed E-state index contributed by atoms with van der Waals surface area (Å²) in [7, 11) is -3.27. The molecule has 0 aliphatic carbocycles. The molecule has 10 heteroatoms. The lowest BCUT2D eigenvalue weighted by Gasteiger charge is -2.23. The molecule has 0 saturated carbocycles. The van der Waals surface area contributed by atoms with Gasteiger partial charge in [0, 0.05) is 42.3 Å². The first kappa shape index (κ1) is 25.4. The van der Waals surface area contributed by atoms with Crippen LogP contribution >= 0.6 is 0 Å². The van der Waals surface area contributed by atoms with Crippen molar-refractivity contribution in [2.24, 2.45) is 5.73 Å². The molecule has 0 bridgehead atoms. The first-order valence-electron chi connectivity index (χ1n) is 12.0. The summed E-state index contributed by atoms with van der Waals surface area (Å²) in [5, 5.41) is 3.77. The molecule has 0 saturated heterocycles. The Morgan fingerprint density at radius 1 is 1.11 bits per heavy atom. The smallest absolute Gasteiger partial charge is 0.257 e. The second-order valence-electron chi connectivity index (χ2n) is 9.27. The molecule has 5 rings (SSSR count). The van der Waals surface area contributed by atoms with E-state index in [1.54, 1.807) is 24.4 Å². The predicted molar refractivity (Wildman–Crippen MR) is 148 cm³/mol. The summed E-state index contributed by atoms with van der Waals surface area (Å²) in [6, 6.07) is 14.6. The minimum absolute atomic E-state index is 0.260. The number of nitrogens with one attached hydrogen (secondary N) is 2. The average molecular weight is 530 g/mol. The Morgan fingerprint density at radius 3 is 2.58 bits per heavy atom. The number of hydrogen-bond donors (Lipinski definition) is 3. The average Bonchev–Trinajstić information content (AvgIpc) is 3.35. The van der Waals surface area contributed by atoms with E-state index in [1.165, 1.54) is 16.8 Å². The van der Waals surface area contributed by atoms with E-state index in [9.17, 15) is 18.0 Å². The van der Waals surface area contributed by atoms with Crippen molar-refractivity contribution in [3.8, 4) is 11.1 Å². The molecule has 2 aromatic heterocycles. The van der Waals surface area contributed by atoms with E-state index in [1.807, 2.05) is 43.3 Å². The molecule has 0 fully saturated rings. The Hall–Kier alpha value is -4.28. The Morgan fingerprint density at radius 2 is 1.92 bits per heavy atom. The Labute approximate surface area is 220 Å². The van der Waals surface area contributed by atoms with Gasteiger partial charge in [0.1, 0.15) is 0 Å². The number of fused-ring (bicyclic) bond motifs is 1. The van der Waals surface area contributed by atoms with Gasteiger partial charge in [-0.05, 0) is 65.9 Å². The van der Waals surface area contributed by atoms with Gasteiger partial charge in [-0.3, -0.25) is 14.6 Å². The molecular formula is C28H27N5O4S. The van der Waals surface area contributed by atoms with E-state index in [-0.39, 0.29) is 12.5 Å². The lowest BCUT2D eigenvalue weighted by Crippen LogP contribution is -2.33. The van der Waals surface area contributed by atoms with E-state index in [0.29, 0.717) is 35.3 Å². The number of amides is 2. The number of nitrogens with zero attached hydrogens (tertiary/aromatic N) is 2. The number of aromatic amines is 1. The number of H-pyrrole nitrogens is 1. The van der Waals surface area contributed by atoms with Gasteiger partial charge in [-0.25, -0.2) is 8.42 Å². The van der Waals surface area contributed by atoms with Crippen LogP contribution in [0.3, 0.4) is 0 Å². The third-order valence-corrected chi connectivity index (χ3v) is 8.11. The number of sulfonamides is 1. The number of pyridine rings is 1. The summed E-state index contributed by atoms with van der Waals surface area (Å²) in [6.07, 6.45) is 6.75. The van der Waals surface area contributed by atoms with Gasteiger partial charge in [0.15, 0.2) is 0 Å². The lowest BCUT2D eigenvalue weighted by atomic mass is 9.94. The zero-order valence-corrected chi connectivity index (χ0v) is 21.8. The number of carbonyl (C=O) groups excluding carboxylic acids is 2. The fourth-order valence-electron chi connectivity index (χ4n) is 4.78. The normalized spacial score (nSPS) is 14.3. The molecule has 0 atom stereocenters. The van der Waals surface area contributed by atoms with E-state index in [2.05, 4.69) is 15.3 Å². The SMILES string of the molecule is Cc1c(NC(=O)c2cccnc2)cccc1-c1ccc(C(N)=O)c2[nH]c(C3=CCN(S(C)(=O)=O)CC3)cc12. The van der Waals surface area contributed by atoms with Crippen molar-refractivity contribution < 1.29 is 18.0 Å². The van der Waals surface area contributed by atoms with Crippen LogP contribution in [-0.2, 0) is 10.0 Å². The van der Waals surface area contributed by atoms with Crippen LogP contribution in [0.2, 0.25) is 0 Å². The molecule has 1 aliphatic rings. The largest absolute Gasteiger partial charge is 0.366 e. The van der Waals surface area contributed by atoms with E-state index >= 15 is 0 Å². The molecule has 3 heterocycles. The van der Waals surface area contributed by atoms with Crippen LogP contribution < -0.4 is 11.1 Å². The maximum atomic E-state index is 12.8. The highest BCUT2D eigenvalue weighted by atomic mass is 32.2. The molecule has 0 radical (unpaired) electrons. The highest BCUT2D eigenvalue weighted by Crippen LogP contribution is 2.37. The molecule has 4 aromatic rings. The Bertz CT molecular complexity index is 1710. The summed E-state index contributed by atoms with van der Waals surface area (Å²) < 4.78 is 25.2. The van der Waals surface area contributed by atoms with Crippen molar-refractivity contribution in [1.82, 2.24) is 14.3 Å². The lowest BCUT2D eigenvalue weighted by molar-refractivity contribution is 0.0998. The van der Waals surface area contributed by atoms with Gasteiger partial charge in [-0.15, -0.1) is 0 Å². The number of hydrogen-bond acceptors (Lipinski definition) is 5. The fraction of sp³-hybridized carbons (Fsp3) is 0.179. The van der Waals surface area contributed by atoms with Crippen molar-refractivity contribution in [3.05, 3.63) is 89.4 Å². The molecule has 4 N–H and O–H groups in total. The van der Waals surface area contributed by atoms with Crippen molar-refractivity contribution >= 4 is 44.0 Å². The number of anilines is 1. The van der Waals surface area contributed by atoms with Gasteiger partial charge in [0.05, 0.1) is 22.9 Å².